The summed E-state index contributed by atoms with van der Waals surface area (Å²) in [5.74, 6) is 2.53. The summed E-state index contributed by atoms with van der Waals surface area (Å²) in [5.41, 5.74) is 0. The van der Waals surface area contributed by atoms with Crippen molar-refractivity contribution < 1.29 is 9.53 Å². The molecule has 0 spiro atoms. The molecular formula is C15H32O2S2Si. The average molecular weight is 337 g/mol. The fourth-order valence-electron chi connectivity index (χ4n) is 1.88. The van der Waals surface area contributed by atoms with Gasteiger partial charge in [-0.1, -0.05) is 20.8 Å². The Kier molecular flexibility index (Phi) is 7.99. The maximum absolute atomic E-state index is 10.1. The van der Waals surface area contributed by atoms with Crippen LogP contribution in [0.1, 0.15) is 46.5 Å². The van der Waals surface area contributed by atoms with Crippen molar-refractivity contribution in [1.82, 2.24) is 0 Å². The van der Waals surface area contributed by atoms with Crippen molar-refractivity contribution in [2.75, 3.05) is 18.1 Å². The maximum Gasteiger partial charge on any atom is 0.191 e. The highest BCUT2D eigenvalue weighted by atomic mass is 32.2. The van der Waals surface area contributed by atoms with E-state index < -0.39 is 8.32 Å². The molecule has 0 amide bonds. The molecule has 1 heterocycles. The monoisotopic (exact) mass is 336 g/mol. The first-order valence-electron chi connectivity index (χ1n) is 7.77. The molecule has 1 aliphatic heterocycles. The van der Waals surface area contributed by atoms with Crippen molar-refractivity contribution in [2.24, 2.45) is 0 Å². The Morgan fingerprint density at radius 3 is 2.40 bits per heavy atom. The predicted octanol–water partition coefficient (Wildman–Crippen LogP) is 4.74. The first-order valence-corrected chi connectivity index (χ1v) is 12.8. The molecule has 1 N–H and O–H groups in total. The second-order valence-electron chi connectivity index (χ2n) is 7.17. The van der Waals surface area contributed by atoms with Gasteiger partial charge in [-0.25, -0.2) is 0 Å². The van der Waals surface area contributed by atoms with Crippen LogP contribution >= 0.6 is 23.5 Å². The van der Waals surface area contributed by atoms with E-state index in [0.717, 1.165) is 25.9 Å². The largest absolute Gasteiger partial charge is 0.417 e. The summed E-state index contributed by atoms with van der Waals surface area (Å²) in [6.45, 7) is 12.2. The fraction of sp³-hybridized carbons (Fsp3) is 1.00. The van der Waals surface area contributed by atoms with Gasteiger partial charge in [-0.05, 0) is 55.3 Å². The van der Waals surface area contributed by atoms with Gasteiger partial charge in [0.15, 0.2) is 8.32 Å². The molecule has 0 aromatic rings. The molecule has 0 aliphatic carbocycles. The molecule has 20 heavy (non-hydrogen) atoms. The first kappa shape index (κ1) is 18.9. The summed E-state index contributed by atoms with van der Waals surface area (Å²) < 4.78 is 6.76. The molecule has 1 saturated heterocycles. The Balaban J connectivity index is 2.14. The SMILES string of the molecule is CC(C)(C)[Si](C)(C)OCCC[C@@H](O)CC1SCCCS1. The minimum Gasteiger partial charge on any atom is -0.417 e. The zero-order valence-corrected chi connectivity index (χ0v) is 16.4. The van der Waals surface area contributed by atoms with Crippen LogP contribution in [0.2, 0.25) is 18.1 Å². The lowest BCUT2D eigenvalue weighted by atomic mass is 10.1. The van der Waals surface area contributed by atoms with Crippen molar-refractivity contribution in [3.63, 3.8) is 0 Å². The molecule has 2 nitrogen and oxygen atoms in total. The molecule has 0 aromatic carbocycles. The van der Waals surface area contributed by atoms with Gasteiger partial charge in [-0.15, -0.1) is 23.5 Å². The number of thioether (sulfide) groups is 2. The molecule has 1 fully saturated rings. The first-order chi connectivity index (χ1) is 9.22. The van der Waals surface area contributed by atoms with Crippen LogP contribution in [-0.2, 0) is 4.43 Å². The Morgan fingerprint density at radius 2 is 1.85 bits per heavy atom. The van der Waals surface area contributed by atoms with Crippen molar-refractivity contribution in [3.8, 4) is 0 Å². The second-order valence-corrected chi connectivity index (χ2v) is 14.9. The van der Waals surface area contributed by atoms with E-state index in [1.807, 2.05) is 23.5 Å². The molecular weight excluding hydrogens is 304 g/mol. The summed E-state index contributed by atoms with van der Waals surface area (Å²) >= 11 is 4.03. The zero-order valence-electron chi connectivity index (χ0n) is 13.8. The molecule has 5 heteroatoms. The lowest BCUT2D eigenvalue weighted by Gasteiger charge is -2.36. The minimum atomic E-state index is -1.61. The molecule has 1 atom stereocenters. The Morgan fingerprint density at radius 1 is 1.25 bits per heavy atom. The second kappa shape index (κ2) is 8.46. The number of aliphatic hydroxyl groups excluding tert-OH is 1. The van der Waals surface area contributed by atoms with E-state index in [-0.39, 0.29) is 11.1 Å². The molecule has 0 unspecified atom stereocenters. The van der Waals surface area contributed by atoms with Gasteiger partial charge in [0.05, 0.1) is 10.7 Å². The van der Waals surface area contributed by atoms with Gasteiger partial charge in [0.1, 0.15) is 0 Å². The Hall–Kier alpha value is 0.837. The van der Waals surface area contributed by atoms with Gasteiger partial charge in [0, 0.05) is 6.61 Å². The summed E-state index contributed by atoms with van der Waals surface area (Å²) in [6.07, 6.45) is 3.97. The summed E-state index contributed by atoms with van der Waals surface area (Å²) in [4.78, 5) is 0. The van der Waals surface area contributed by atoms with Crippen LogP contribution < -0.4 is 0 Å². The molecule has 0 bridgehead atoms. The summed E-state index contributed by atoms with van der Waals surface area (Å²) in [7, 11) is -1.61. The predicted molar refractivity (Wildman–Crippen MR) is 96.3 cm³/mol. The van der Waals surface area contributed by atoms with Gasteiger partial charge in [-0.3, -0.25) is 0 Å². The van der Waals surface area contributed by atoms with Gasteiger partial charge in [0.2, 0.25) is 0 Å². The van der Waals surface area contributed by atoms with Crippen LogP contribution in [0.3, 0.4) is 0 Å². The zero-order chi connectivity index (χ0) is 15.2. The fourth-order valence-corrected chi connectivity index (χ4v) is 5.97. The Labute approximate surface area is 135 Å². The topological polar surface area (TPSA) is 29.5 Å². The molecule has 0 aromatic heterocycles. The smallest absolute Gasteiger partial charge is 0.191 e. The van der Waals surface area contributed by atoms with Crippen LogP contribution in [0.15, 0.2) is 0 Å². The van der Waals surface area contributed by atoms with Crippen LogP contribution in [0.4, 0.5) is 0 Å². The minimum absolute atomic E-state index is 0.152. The van der Waals surface area contributed by atoms with Crippen molar-refractivity contribution in [1.29, 1.82) is 0 Å². The van der Waals surface area contributed by atoms with Gasteiger partial charge < -0.3 is 9.53 Å². The third-order valence-electron chi connectivity index (χ3n) is 4.31. The highest BCUT2D eigenvalue weighted by Gasteiger charge is 2.36. The lowest BCUT2D eigenvalue weighted by Crippen LogP contribution is -2.41. The van der Waals surface area contributed by atoms with Gasteiger partial charge in [-0.2, -0.15) is 0 Å². The van der Waals surface area contributed by atoms with E-state index in [1.165, 1.54) is 17.9 Å². The van der Waals surface area contributed by atoms with Crippen LogP contribution in [0.5, 0.6) is 0 Å². The van der Waals surface area contributed by atoms with Crippen LogP contribution in [-0.4, -0.2) is 42.2 Å². The number of hydrogen-bond acceptors (Lipinski definition) is 4. The van der Waals surface area contributed by atoms with E-state index >= 15 is 0 Å². The maximum atomic E-state index is 10.1. The van der Waals surface area contributed by atoms with Gasteiger partial charge in [0.25, 0.3) is 0 Å². The van der Waals surface area contributed by atoms with Crippen molar-refractivity contribution in [2.45, 2.75) is 75.3 Å². The summed E-state index contributed by atoms with van der Waals surface area (Å²) in [6, 6.07) is 0. The standard InChI is InChI=1S/C15H32O2S2Si/c1-15(2,3)20(4,5)17-9-6-8-13(16)12-14-18-10-7-11-19-14/h13-14,16H,6-12H2,1-5H3/t13-/m1/s1. The Bertz CT molecular complexity index is 274. The van der Waals surface area contributed by atoms with E-state index in [9.17, 15) is 5.11 Å². The number of aliphatic hydroxyl groups is 1. The van der Waals surface area contributed by atoms with Crippen molar-refractivity contribution in [3.05, 3.63) is 0 Å². The highest BCUT2D eigenvalue weighted by Crippen LogP contribution is 2.37. The van der Waals surface area contributed by atoms with E-state index in [2.05, 4.69) is 33.9 Å². The molecule has 120 valence electrons. The van der Waals surface area contributed by atoms with E-state index in [0.29, 0.717) is 4.58 Å². The third kappa shape index (κ3) is 6.73. The number of hydrogen-bond donors (Lipinski definition) is 1. The molecule has 0 radical (unpaired) electrons. The van der Waals surface area contributed by atoms with Crippen LogP contribution in [0.25, 0.3) is 0 Å². The van der Waals surface area contributed by atoms with E-state index in [4.69, 9.17) is 4.43 Å². The number of rotatable bonds is 7. The quantitative estimate of drug-likeness (QED) is 0.537. The normalized spacial score (nSPS) is 20.1. The highest BCUT2D eigenvalue weighted by molar-refractivity contribution is 8.17. The third-order valence-corrected chi connectivity index (χ3v) is 11.8. The molecule has 1 aliphatic rings. The molecule has 1 rings (SSSR count). The van der Waals surface area contributed by atoms with E-state index in [1.54, 1.807) is 0 Å². The summed E-state index contributed by atoms with van der Waals surface area (Å²) in [5, 5.41) is 10.4. The average Bonchev–Trinajstić information content (AvgIpc) is 2.34. The van der Waals surface area contributed by atoms with Gasteiger partial charge >= 0.3 is 0 Å². The lowest BCUT2D eigenvalue weighted by molar-refractivity contribution is 0.146. The van der Waals surface area contributed by atoms with Crippen LogP contribution in [0, 0.1) is 0 Å². The molecule has 0 saturated carbocycles. The van der Waals surface area contributed by atoms with Crippen molar-refractivity contribution >= 4 is 31.8 Å².